The van der Waals surface area contributed by atoms with E-state index in [0.717, 1.165) is 17.7 Å². The van der Waals surface area contributed by atoms with Crippen molar-refractivity contribution >= 4 is 11.6 Å². The van der Waals surface area contributed by atoms with Crippen LogP contribution < -0.4 is 5.32 Å². The molecule has 100 valence electrons. The Morgan fingerprint density at radius 1 is 1.26 bits per heavy atom. The molecule has 0 fully saturated rings. The molecule has 1 unspecified atom stereocenters. The summed E-state index contributed by atoms with van der Waals surface area (Å²) in [5, 5.41) is 12.1. The van der Waals surface area contributed by atoms with Gasteiger partial charge in [0.15, 0.2) is 5.76 Å². The highest BCUT2D eigenvalue weighted by Gasteiger charge is 2.11. The number of aliphatic hydroxyl groups is 1. The summed E-state index contributed by atoms with van der Waals surface area (Å²) in [5.41, 5.74) is 1.48. The summed E-state index contributed by atoms with van der Waals surface area (Å²) in [6.45, 7) is 3.66. The van der Waals surface area contributed by atoms with Crippen LogP contribution >= 0.6 is 0 Å². The van der Waals surface area contributed by atoms with Gasteiger partial charge in [0.1, 0.15) is 5.76 Å². The van der Waals surface area contributed by atoms with Gasteiger partial charge in [-0.25, -0.2) is 0 Å². The van der Waals surface area contributed by atoms with Crippen molar-refractivity contribution in [3.63, 3.8) is 0 Å². The predicted molar refractivity (Wildman–Crippen MR) is 73.1 cm³/mol. The number of amides is 1. The van der Waals surface area contributed by atoms with Gasteiger partial charge in [0.2, 0.25) is 0 Å². The normalized spacial score (nSPS) is 12.2. The molecule has 0 radical (unpaired) electrons. The van der Waals surface area contributed by atoms with Gasteiger partial charge in [-0.3, -0.25) is 4.79 Å². The number of anilines is 1. The number of hydrogen-bond donors (Lipinski definition) is 2. The van der Waals surface area contributed by atoms with Crippen molar-refractivity contribution in [2.24, 2.45) is 0 Å². The molecule has 1 amide bonds. The van der Waals surface area contributed by atoms with Crippen molar-refractivity contribution < 1.29 is 14.3 Å². The Morgan fingerprint density at radius 2 is 1.95 bits per heavy atom. The molecule has 1 aromatic heterocycles. The third kappa shape index (κ3) is 3.23. The molecular formula is C15H17NO3. The second-order valence-corrected chi connectivity index (χ2v) is 4.37. The average molecular weight is 259 g/mol. The van der Waals surface area contributed by atoms with Crippen molar-refractivity contribution in [3.05, 3.63) is 53.5 Å². The zero-order valence-corrected chi connectivity index (χ0v) is 11.0. The Balaban J connectivity index is 2.06. The maximum absolute atomic E-state index is 11.9. The van der Waals surface area contributed by atoms with E-state index in [9.17, 15) is 9.90 Å². The minimum Gasteiger partial charge on any atom is -0.456 e. The van der Waals surface area contributed by atoms with E-state index in [1.54, 1.807) is 43.3 Å². The van der Waals surface area contributed by atoms with Crippen LogP contribution in [0.5, 0.6) is 0 Å². The number of rotatable bonds is 4. The monoisotopic (exact) mass is 259 g/mol. The molecule has 1 heterocycles. The van der Waals surface area contributed by atoms with Crippen LogP contribution in [0.25, 0.3) is 0 Å². The summed E-state index contributed by atoms with van der Waals surface area (Å²) in [4.78, 5) is 11.9. The Kier molecular flexibility index (Phi) is 4.02. The lowest BCUT2D eigenvalue weighted by molar-refractivity contribution is 0.0995. The maximum atomic E-state index is 11.9. The summed E-state index contributed by atoms with van der Waals surface area (Å²) < 4.78 is 5.38. The molecule has 1 aromatic carbocycles. The number of aliphatic hydroxyl groups excluding tert-OH is 1. The summed E-state index contributed by atoms with van der Waals surface area (Å²) in [7, 11) is 0. The van der Waals surface area contributed by atoms with Crippen LogP contribution in [0.4, 0.5) is 5.69 Å². The molecule has 4 nitrogen and oxygen atoms in total. The van der Waals surface area contributed by atoms with Crippen molar-refractivity contribution in [3.8, 4) is 0 Å². The van der Waals surface area contributed by atoms with Crippen molar-refractivity contribution in [2.75, 3.05) is 5.32 Å². The molecule has 2 N–H and O–H groups in total. The predicted octanol–water partition coefficient (Wildman–Crippen LogP) is 3.15. The zero-order valence-electron chi connectivity index (χ0n) is 11.0. The molecule has 0 saturated heterocycles. The number of aryl methyl sites for hydroxylation is 1. The van der Waals surface area contributed by atoms with Crippen LogP contribution in [0.2, 0.25) is 0 Å². The van der Waals surface area contributed by atoms with E-state index in [2.05, 4.69) is 5.32 Å². The smallest absolute Gasteiger partial charge is 0.291 e. The highest BCUT2D eigenvalue weighted by molar-refractivity contribution is 6.02. The average Bonchev–Trinajstić information content (AvgIpc) is 2.88. The number of nitrogens with one attached hydrogen (secondary N) is 1. The SMILES string of the molecule is CCc1ccc(C(=O)Nc2ccc(C(C)O)cc2)o1. The lowest BCUT2D eigenvalue weighted by Crippen LogP contribution is -2.10. The van der Waals surface area contributed by atoms with Crippen LogP contribution in [0, 0.1) is 0 Å². The largest absolute Gasteiger partial charge is 0.456 e. The van der Waals surface area contributed by atoms with E-state index in [0.29, 0.717) is 11.4 Å². The number of hydrogen-bond acceptors (Lipinski definition) is 3. The van der Waals surface area contributed by atoms with Gasteiger partial charge in [-0.2, -0.15) is 0 Å². The van der Waals surface area contributed by atoms with E-state index < -0.39 is 6.10 Å². The van der Waals surface area contributed by atoms with Gasteiger partial charge in [0.05, 0.1) is 6.10 Å². The minimum atomic E-state index is -0.512. The van der Waals surface area contributed by atoms with E-state index in [1.807, 2.05) is 6.92 Å². The van der Waals surface area contributed by atoms with E-state index in [1.165, 1.54) is 0 Å². The Hall–Kier alpha value is -2.07. The fourth-order valence-corrected chi connectivity index (χ4v) is 1.73. The quantitative estimate of drug-likeness (QED) is 0.886. The third-order valence-corrected chi connectivity index (χ3v) is 2.88. The molecule has 19 heavy (non-hydrogen) atoms. The van der Waals surface area contributed by atoms with Crippen molar-refractivity contribution in [1.29, 1.82) is 0 Å². The highest BCUT2D eigenvalue weighted by atomic mass is 16.3. The first-order valence-electron chi connectivity index (χ1n) is 6.28. The number of furan rings is 1. The second-order valence-electron chi connectivity index (χ2n) is 4.37. The molecule has 1 atom stereocenters. The van der Waals surface area contributed by atoms with Crippen LogP contribution in [-0.4, -0.2) is 11.0 Å². The first-order valence-corrected chi connectivity index (χ1v) is 6.28. The Morgan fingerprint density at radius 3 is 2.47 bits per heavy atom. The molecule has 0 bridgehead atoms. The van der Waals surface area contributed by atoms with E-state index in [-0.39, 0.29) is 5.91 Å². The minimum absolute atomic E-state index is 0.274. The van der Waals surface area contributed by atoms with Gasteiger partial charge in [0, 0.05) is 12.1 Å². The molecule has 0 spiro atoms. The fraction of sp³-hybridized carbons (Fsp3) is 0.267. The number of carbonyl (C=O) groups excluding carboxylic acids is 1. The van der Waals surface area contributed by atoms with Crippen LogP contribution in [0.3, 0.4) is 0 Å². The van der Waals surface area contributed by atoms with Crippen LogP contribution in [-0.2, 0) is 6.42 Å². The Labute approximate surface area is 112 Å². The third-order valence-electron chi connectivity index (χ3n) is 2.88. The Bertz CT molecular complexity index is 555. The van der Waals surface area contributed by atoms with Gasteiger partial charge < -0.3 is 14.8 Å². The van der Waals surface area contributed by atoms with E-state index in [4.69, 9.17) is 4.42 Å². The topological polar surface area (TPSA) is 62.5 Å². The van der Waals surface area contributed by atoms with Gasteiger partial charge in [-0.15, -0.1) is 0 Å². The van der Waals surface area contributed by atoms with Gasteiger partial charge in [-0.1, -0.05) is 19.1 Å². The van der Waals surface area contributed by atoms with Crippen LogP contribution in [0.1, 0.15) is 41.8 Å². The summed E-state index contributed by atoms with van der Waals surface area (Å²) in [5.74, 6) is 0.815. The summed E-state index contributed by atoms with van der Waals surface area (Å²) in [6, 6.07) is 10.5. The maximum Gasteiger partial charge on any atom is 0.291 e. The van der Waals surface area contributed by atoms with Crippen LogP contribution in [0.15, 0.2) is 40.8 Å². The molecule has 4 heteroatoms. The molecule has 0 aliphatic carbocycles. The highest BCUT2D eigenvalue weighted by Crippen LogP contribution is 2.17. The second kappa shape index (κ2) is 5.71. The molecule has 0 aliphatic rings. The molecule has 2 aromatic rings. The lowest BCUT2D eigenvalue weighted by atomic mass is 10.1. The molecule has 0 saturated carbocycles. The fourth-order valence-electron chi connectivity index (χ4n) is 1.73. The summed E-state index contributed by atoms with van der Waals surface area (Å²) in [6.07, 6.45) is 0.248. The van der Waals surface area contributed by atoms with Crippen molar-refractivity contribution in [2.45, 2.75) is 26.4 Å². The van der Waals surface area contributed by atoms with Gasteiger partial charge >= 0.3 is 0 Å². The van der Waals surface area contributed by atoms with E-state index >= 15 is 0 Å². The standard InChI is InChI=1S/C15H17NO3/c1-3-13-8-9-14(19-13)15(18)16-12-6-4-11(5-7-12)10(2)17/h4-10,17H,3H2,1-2H3,(H,16,18). The number of benzene rings is 1. The molecule has 2 rings (SSSR count). The van der Waals surface area contributed by atoms with Gasteiger partial charge in [0.25, 0.3) is 5.91 Å². The zero-order chi connectivity index (χ0) is 13.8. The lowest BCUT2D eigenvalue weighted by Gasteiger charge is -2.07. The molecular weight excluding hydrogens is 242 g/mol. The molecule has 0 aliphatic heterocycles. The summed E-state index contributed by atoms with van der Waals surface area (Å²) >= 11 is 0. The van der Waals surface area contributed by atoms with Gasteiger partial charge in [-0.05, 0) is 36.8 Å². The number of carbonyl (C=O) groups is 1. The van der Waals surface area contributed by atoms with Crippen molar-refractivity contribution in [1.82, 2.24) is 0 Å². The first kappa shape index (κ1) is 13.4. The first-order chi connectivity index (χ1) is 9.10.